The SMILES string of the molecule is CC(C)[PH+](c1ccccc1-c1ccccc1-c1ccccc1[PH+](C(C)C)C(C)C)C(C)C.CC(C)[PH+](c1ccccc1-c1ccccc1-c1ccccc1[PH+](C(C)C)C(C)C)C(C)C.CCCCC.[Pd].[Pd]. The summed E-state index contributed by atoms with van der Waals surface area (Å²) >= 11 is 0. The maximum atomic E-state index is 2.41. The normalized spacial score (nSPS) is 11.6. The summed E-state index contributed by atoms with van der Waals surface area (Å²) in [5.74, 6) is 0. The van der Waals surface area contributed by atoms with E-state index in [2.05, 4.69) is 270 Å². The summed E-state index contributed by atoms with van der Waals surface area (Å²) in [7, 11) is -2.71. The number of hydrogen-bond donors (Lipinski definition) is 0. The molecule has 0 saturated heterocycles. The Kier molecular flexibility index (Phi) is 30.2. The minimum atomic E-state index is -0.677. The summed E-state index contributed by atoms with van der Waals surface area (Å²) in [6.07, 6.45) is 4.08. The molecule has 0 spiro atoms. The van der Waals surface area contributed by atoms with E-state index in [1.165, 1.54) is 63.8 Å². The van der Waals surface area contributed by atoms with Crippen molar-refractivity contribution in [3.05, 3.63) is 146 Å². The smallest absolute Gasteiger partial charge is 0.0654 e. The minimum Gasteiger partial charge on any atom is -0.0654 e. The molecule has 0 aliphatic heterocycles. The van der Waals surface area contributed by atoms with E-state index in [-0.39, 0.29) is 40.8 Å². The van der Waals surface area contributed by atoms with Crippen LogP contribution in [-0.2, 0) is 40.8 Å². The topological polar surface area (TPSA) is 0 Å². The fraction of sp³-hybridized carbons (Fsp3) is 0.446. The number of rotatable bonds is 18. The van der Waals surface area contributed by atoms with Gasteiger partial charge < -0.3 is 0 Å². The third-order valence-electron chi connectivity index (χ3n) is 13.7. The molecular formula is C65H96P4Pd2+4. The van der Waals surface area contributed by atoms with Crippen LogP contribution < -0.4 is 21.2 Å². The molecule has 0 unspecified atom stereocenters. The zero-order valence-corrected chi connectivity index (χ0v) is 54.3. The Morgan fingerprint density at radius 2 is 0.380 bits per heavy atom. The first-order valence-corrected chi connectivity index (χ1v) is 33.5. The van der Waals surface area contributed by atoms with Gasteiger partial charge in [0.05, 0.1) is 66.5 Å². The third-order valence-corrected chi connectivity index (χ3v) is 27.8. The molecule has 6 aromatic rings. The first-order valence-electron chi connectivity index (χ1n) is 26.9. The molecule has 0 heterocycles. The van der Waals surface area contributed by atoms with Gasteiger partial charge in [-0.15, -0.1) is 0 Å². The average molecular weight is 1210 g/mol. The Labute approximate surface area is 469 Å². The van der Waals surface area contributed by atoms with E-state index in [9.17, 15) is 0 Å². The minimum absolute atomic E-state index is 0. The second kappa shape index (κ2) is 32.7. The summed E-state index contributed by atoms with van der Waals surface area (Å²) in [5, 5.41) is 6.35. The van der Waals surface area contributed by atoms with Gasteiger partial charge in [0.2, 0.25) is 0 Å². The number of benzene rings is 6. The van der Waals surface area contributed by atoms with Gasteiger partial charge in [0.25, 0.3) is 0 Å². The van der Waals surface area contributed by atoms with Crippen LogP contribution >= 0.6 is 31.7 Å². The van der Waals surface area contributed by atoms with E-state index >= 15 is 0 Å². The van der Waals surface area contributed by atoms with Crippen molar-refractivity contribution in [1.29, 1.82) is 0 Å². The quantitative estimate of drug-likeness (QED) is 0.0594. The summed E-state index contributed by atoms with van der Waals surface area (Å²) in [4.78, 5) is 0. The Morgan fingerprint density at radius 1 is 0.239 bits per heavy atom. The van der Waals surface area contributed by atoms with Gasteiger partial charge in [0, 0.05) is 94.8 Å². The van der Waals surface area contributed by atoms with Gasteiger partial charge in [0.15, 0.2) is 0 Å². The molecule has 392 valence electrons. The van der Waals surface area contributed by atoms with Crippen molar-refractivity contribution in [2.24, 2.45) is 0 Å². The van der Waals surface area contributed by atoms with Crippen molar-refractivity contribution in [3.63, 3.8) is 0 Å². The van der Waals surface area contributed by atoms with Gasteiger partial charge in [-0.2, -0.15) is 0 Å². The predicted molar refractivity (Wildman–Crippen MR) is 333 cm³/mol. The zero-order chi connectivity index (χ0) is 50.9. The maximum Gasteiger partial charge on any atom is 0.0998 e. The molecule has 6 rings (SSSR count). The van der Waals surface area contributed by atoms with E-state index in [0.717, 1.165) is 0 Å². The van der Waals surface area contributed by atoms with Crippen LogP contribution in [0.5, 0.6) is 0 Å². The van der Waals surface area contributed by atoms with E-state index < -0.39 is 31.7 Å². The van der Waals surface area contributed by atoms with Crippen molar-refractivity contribution >= 4 is 52.9 Å². The van der Waals surface area contributed by atoms with Crippen LogP contribution in [0.3, 0.4) is 0 Å². The van der Waals surface area contributed by atoms with Gasteiger partial charge >= 0.3 is 0 Å². The van der Waals surface area contributed by atoms with Crippen LogP contribution in [0.15, 0.2) is 146 Å². The standard InChI is InChI=1S/2C30H40P2.C5H12.2Pd/c2*1-21(2)31(22(3)4)29-19-13-11-17-27(29)25-15-9-10-16-26(25)28-18-12-14-20-30(28)32(23(5)6)24(7)8;1-3-5-4-2;;/h2*9-24H,1-8H3;3-5H2,1-2H3;;/p+4. The largest absolute Gasteiger partial charge is 0.0998 e. The molecule has 0 nitrogen and oxygen atoms in total. The molecule has 0 aromatic heterocycles. The van der Waals surface area contributed by atoms with Gasteiger partial charge in [-0.25, -0.2) is 0 Å². The van der Waals surface area contributed by atoms with Gasteiger partial charge in [-0.3, -0.25) is 0 Å². The van der Waals surface area contributed by atoms with Crippen molar-refractivity contribution in [2.75, 3.05) is 0 Å². The van der Waals surface area contributed by atoms with Crippen molar-refractivity contribution in [3.8, 4) is 44.5 Å². The molecule has 6 aromatic carbocycles. The van der Waals surface area contributed by atoms with Gasteiger partial charge in [0.1, 0.15) is 0 Å². The average Bonchev–Trinajstić information content (AvgIpc) is 3.30. The van der Waals surface area contributed by atoms with Crippen molar-refractivity contribution in [1.82, 2.24) is 0 Å². The van der Waals surface area contributed by atoms with Crippen LogP contribution in [-0.4, -0.2) is 45.3 Å². The monoisotopic (exact) mass is 1210 g/mol. The van der Waals surface area contributed by atoms with Gasteiger partial charge in [-0.05, 0) is 157 Å². The summed E-state index contributed by atoms with van der Waals surface area (Å²) in [6, 6.07) is 55.2. The molecule has 0 saturated carbocycles. The first kappa shape index (κ1) is 65.5. The molecule has 0 fully saturated rings. The van der Waals surface area contributed by atoms with Gasteiger partial charge in [-0.1, -0.05) is 154 Å². The summed E-state index contributed by atoms with van der Waals surface area (Å²) in [5.41, 5.74) is 17.0. The molecule has 0 amide bonds. The molecule has 0 N–H and O–H groups in total. The van der Waals surface area contributed by atoms with E-state index in [1.807, 2.05) is 0 Å². The van der Waals surface area contributed by atoms with E-state index in [1.54, 1.807) is 21.2 Å². The zero-order valence-electron chi connectivity index (χ0n) is 47.2. The van der Waals surface area contributed by atoms with Crippen LogP contribution in [0.1, 0.15) is 144 Å². The molecule has 0 atom stereocenters. The third kappa shape index (κ3) is 17.7. The Hall–Kier alpha value is -1.64. The molecule has 0 aliphatic carbocycles. The second-order valence-electron chi connectivity index (χ2n) is 21.7. The molecule has 0 radical (unpaired) electrons. The first-order chi connectivity index (χ1) is 32.9. The summed E-state index contributed by atoms with van der Waals surface area (Å²) in [6.45, 7) is 43.0. The van der Waals surface area contributed by atoms with Crippen LogP contribution in [0.2, 0.25) is 0 Å². The fourth-order valence-corrected chi connectivity index (χ4v) is 24.9. The molecule has 0 bridgehead atoms. The molecule has 6 heteroatoms. The van der Waals surface area contributed by atoms with E-state index in [4.69, 9.17) is 0 Å². The Morgan fingerprint density at radius 3 is 0.507 bits per heavy atom. The maximum absolute atomic E-state index is 2.41. The Balaban J connectivity index is 0.000000433. The van der Waals surface area contributed by atoms with E-state index in [0.29, 0.717) is 45.3 Å². The van der Waals surface area contributed by atoms with Crippen molar-refractivity contribution in [2.45, 2.75) is 189 Å². The second-order valence-corrected chi connectivity index (χ2v) is 36.7. The van der Waals surface area contributed by atoms with Crippen LogP contribution in [0.4, 0.5) is 0 Å². The van der Waals surface area contributed by atoms with Crippen LogP contribution in [0, 0.1) is 0 Å². The predicted octanol–water partition coefficient (Wildman–Crippen LogP) is 18.9. The number of hydrogen-bond acceptors (Lipinski definition) is 0. The Bertz CT molecular complexity index is 2070. The van der Waals surface area contributed by atoms with Crippen LogP contribution in [0.25, 0.3) is 44.5 Å². The molecule has 71 heavy (non-hydrogen) atoms. The molecular weight excluding hydrogens is 1120 g/mol. The molecule has 0 aliphatic rings. The van der Waals surface area contributed by atoms with Crippen molar-refractivity contribution < 1.29 is 40.8 Å². The number of unbranched alkanes of at least 4 members (excludes halogenated alkanes) is 2. The summed E-state index contributed by atoms with van der Waals surface area (Å²) < 4.78 is 0. The fourth-order valence-electron chi connectivity index (χ4n) is 11.3.